The number of benzene rings is 2. The molecule has 0 saturated carbocycles. The van der Waals surface area contributed by atoms with Crippen molar-refractivity contribution < 1.29 is 19.1 Å². The lowest BCUT2D eigenvalue weighted by Gasteiger charge is -2.35. The van der Waals surface area contributed by atoms with E-state index in [2.05, 4.69) is 15.6 Å². The maximum atomic E-state index is 14.6. The molecule has 190 valence electrons. The van der Waals surface area contributed by atoms with Crippen LogP contribution in [0.5, 0.6) is 0 Å². The average molecular weight is 503 g/mol. The number of amides is 2. The van der Waals surface area contributed by atoms with Crippen molar-refractivity contribution in [2.24, 2.45) is 0 Å². The number of hydrogen-bond donors (Lipinski definition) is 3. The first-order valence-electron chi connectivity index (χ1n) is 11.9. The van der Waals surface area contributed by atoms with E-state index in [0.717, 1.165) is 22.3 Å². The zero-order valence-corrected chi connectivity index (χ0v) is 20.5. The lowest BCUT2D eigenvalue weighted by molar-refractivity contribution is -0.00342. The van der Waals surface area contributed by atoms with Gasteiger partial charge in [0.25, 0.3) is 5.91 Å². The Labute approximate surface area is 213 Å². The summed E-state index contributed by atoms with van der Waals surface area (Å²) in [6.45, 7) is 1.44. The summed E-state index contributed by atoms with van der Waals surface area (Å²) in [5.74, 6) is -0.592. The number of carbonyl (C=O) groups excluding carboxylic acids is 2. The zero-order valence-electron chi connectivity index (χ0n) is 20.5. The van der Waals surface area contributed by atoms with Crippen molar-refractivity contribution in [3.8, 4) is 0 Å². The fourth-order valence-electron chi connectivity index (χ4n) is 4.40. The molecule has 9 nitrogen and oxygen atoms in total. The van der Waals surface area contributed by atoms with Crippen LogP contribution in [0, 0.1) is 5.82 Å². The number of rotatable bonds is 6. The van der Waals surface area contributed by atoms with Gasteiger partial charge in [-0.1, -0.05) is 6.07 Å². The molecule has 0 aliphatic carbocycles. The van der Waals surface area contributed by atoms with Gasteiger partial charge in [0.2, 0.25) is 0 Å². The monoisotopic (exact) mass is 502 g/mol. The summed E-state index contributed by atoms with van der Waals surface area (Å²) in [4.78, 5) is 32.9. The number of fused-ring (bicyclic) bond motifs is 1. The molecule has 37 heavy (non-hydrogen) atoms. The maximum absolute atomic E-state index is 14.6. The summed E-state index contributed by atoms with van der Waals surface area (Å²) in [6.07, 6.45) is 2.96. The minimum atomic E-state index is -0.464. The summed E-state index contributed by atoms with van der Waals surface area (Å²) in [7, 11) is 3.48. The zero-order chi connectivity index (χ0) is 26.1. The Balaban J connectivity index is 1.29. The van der Waals surface area contributed by atoms with Gasteiger partial charge in [0.15, 0.2) is 0 Å². The van der Waals surface area contributed by atoms with Crippen LogP contribution in [0.2, 0.25) is 0 Å². The fraction of sp³-hybridized carbons (Fsp3) is 0.222. The Kier molecular flexibility index (Phi) is 6.60. The molecular weight excluding hydrogens is 475 g/mol. The highest BCUT2D eigenvalue weighted by Crippen LogP contribution is 2.29. The molecule has 0 atom stereocenters. The molecule has 1 aliphatic rings. The smallest absolute Gasteiger partial charge is 0.325 e. The SMILES string of the molecule is CNC(=O)n1ccc2cc(N(C)c3ccnc(NC(=O)c4ccc(CN5CC(O)C5)c(F)c4)c3)ccc21. The van der Waals surface area contributed by atoms with Gasteiger partial charge in [0, 0.05) is 80.1 Å². The van der Waals surface area contributed by atoms with E-state index in [-0.39, 0.29) is 17.7 Å². The summed E-state index contributed by atoms with van der Waals surface area (Å²) in [5, 5.41) is 15.7. The first kappa shape index (κ1) is 24.4. The van der Waals surface area contributed by atoms with Gasteiger partial charge in [0.1, 0.15) is 11.6 Å². The molecule has 3 heterocycles. The van der Waals surface area contributed by atoms with Gasteiger partial charge in [-0.3, -0.25) is 14.3 Å². The Hall–Kier alpha value is -4.28. The lowest BCUT2D eigenvalue weighted by atomic mass is 10.1. The third-order valence-electron chi connectivity index (χ3n) is 6.51. The quantitative estimate of drug-likeness (QED) is 0.373. The summed E-state index contributed by atoms with van der Waals surface area (Å²) in [6, 6.07) is 15.4. The van der Waals surface area contributed by atoms with Gasteiger partial charge in [-0.15, -0.1) is 0 Å². The van der Waals surface area contributed by atoms with E-state index in [9.17, 15) is 19.1 Å². The Morgan fingerprint density at radius 3 is 2.62 bits per heavy atom. The Morgan fingerprint density at radius 2 is 1.89 bits per heavy atom. The number of nitrogens with zero attached hydrogens (tertiary/aromatic N) is 4. The highest BCUT2D eigenvalue weighted by Gasteiger charge is 2.25. The van der Waals surface area contributed by atoms with Gasteiger partial charge in [-0.25, -0.2) is 14.2 Å². The molecule has 4 aromatic rings. The number of carbonyl (C=O) groups is 2. The van der Waals surface area contributed by atoms with Crippen LogP contribution < -0.4 is 15.5 Å². The van der Waals surface area contributed by atoms with Crippen molar-refractivity contribution >= 4 is 40.0 Å². The predicted molar refractivity (Wildman–Crippen MR) is 140 cm³/mol. The van der Waals surface area contributed by atoms with Gasteiger partial charge in [-0.05, 0) is 42.5 Å². The van der Waals surface area contributed by atoms with Crippen LogP contribution in [-0.2, 0) is 6.54 Å². The molecule has 10 heteroatoms. The van der Waals surface area contributed by atoms with E-state index in [1.165, 1.54) is 6.07 Å². The Morgan fingerprint density at radius 1 is 1.11 bits per heavy atom. The number of aliphatic hydroxyl groups is 1. The van der Waals surface area contributed by atoms with E-state index in [0.29, 0.717) is 31.0 Å². The largest absolute Gasteiger partial charge is 0.390 e. The number of aliphatic hydroxyl groups excluding tert-OH is 1. The van der Waals surface area contributed by atoms with E-state index in [4.69, 9.17) is 0 Å². The van der Waals surface area contributed by atoms with E-state index < -0.39 is 11.7 Å². The van der Waals surface area contributed by atoms with Crippen LogP contribution in [0.15, 0.2) is 67.0 Å². The van der Waals surface area contributed by atoms with Crippen molar-refractivity contribution in [3.05, 3.63) is 83.9 Å². The minimum Gasteiger partial charge on any atom is -0.390 e. The first-order chi connectivity index (χ1) is 17.8. The Bertz CT molecular complexity index is 1480. The predicted octanol–water partition coefficient (Wildman–Crippen LogP) is 3.56. The van der Waals surface area contributed by atoms with Crippen molar-refractivity contribution in [1.29, 1.82) is 0 Å². The standard InChI is InChI=1S/C27H27FN6O3/c1-29-27(37)34-10-8-17-11-20(5-6-24(17)34)32(2)21-7-9-30-25(13-21)31-26(36)18-3-4-19(23(28)12-18)14-33-15-22(35)16-33/h3-13,22,35H,14-16H2,1-2H3,(H,29,37)(H,30,31,36). The average Bonchev–Trinajstić information content (AvgIpc) is 3.31. The molecular formula is C27H27FN6O3. The van der Waals surface area contributed by atoms with Crippen LogP contribution in [-0.4, -0.2) is 64.8 Å². The first-order valence-corrected chi connectivity index (χ1v) is 11.9. The maximum Gasteiger partial charge on any atom is 0.325 e. The van der Waals surface area contributed by atoms with Crippen LogP contribution in [0.3, 0.4) is 0 Å². The number of nitrogens with one attached hydrogen (secondary N) is 2. The van der Waals surface area contributed by atoms with E-state index >= 15 is 0 Å². The number of anilines is 3. The van der Waals surface area contributed by atoms with Crippen LogP contribution in [0.1, 0.15) is 15.9 Å². The second-order valence-corrected chi connectivity index (χ2v) is 9.05. The number of pyridine rings is 1. The van der Waals surface area contributed by atoms with Gasteiger partial charge in [0.05, 0.1) is 11.6 Å². The van der Waals surface area contributed by atoms with E-state index in [1.807, 2.05) is 47.2 Å². The van der Waals surface area contributed by atoms with Crippen LogP contribution >= 0.6 is 0 Å². The number of β-amino-alcohol motifs (C(OH)–C–C–N with tert-alkyl or cyclic N) is 1. The molecule has 1 fully saturated rings. The number of likely N-dealkylation sites (tertiary alicyclic amines) is 1. The van der Waals surface area contributed by atoms with Crippen molar-refractivity contribution in [1.82, 2.24) is 19.8 Å². The lowest BCUT2D eigenvalue weighted by Crippen LogP contribution is -2.49. The number of aromatic nitrogens is 2. The second-order valence-electron chi connectivity index (χ2n) is 9.05. The number of hydrogen-bond acceptors (Lipinski definition) is 6. The molecule has 2 amide bonds. The summed E-state index contributed by atoms with van der Waals surface area (Å²) < 4.78 is 16.1. The van der Waals surface area contributed by atoms with E-state index in [1.54, 1.807) is 42.2 Å². The van der Waals surface area contributed by atoms with Gasteiger partial charge in [-0.2, -0.15) is 0 Å². The molecule has 1 saturated heterocycles. The van der Waals surface area contributed by atoms with Crippen molar-refractivity contribution in [2.45, 2.75) is 12.6 Å². The molecule has 2 aromatic carbocycles. The summed E-state index contributed by atoms with van der Waals surface area (Å²) >= 11 is 0. The minimum absolute atomic E-state index is 0.191. The van der Waals surface area contributed by atoms with Crippen LogP contribution in [0.25, 0.3) is 10.9 Å². The molecule has 0 unspecified atom stereocenters. The second kappa shape index (κ2) is 10.00. The molecule has 3 N–H and O–H groups in total. The van der Waals surface area contributed by atoms with Crippen molar-refractivity contribution in [2.75, 3.05) is 37.4 Å². The van der Waals surface area contributed by atoms with Crippen LogP contribution in [0.4, 0.5) is 26.4 Å². The van der Waals surface area contributed by atoms with Gasteiger partial charge >= 0.3 is 6.03 Å². The molecule has 1 aliphatic heterocycles. The number of halogens is 1. The molecule has 0 bridgehead atoms. The molecule has 5 rings (SSSR count). The summed E-state index contributed by atoms with van der Waals surface area (Å²) in [5.41, 5.74) is 3.14. The fourth-order valence-corrected chi connectivity index (χ4v) is 4.40. The third-order valence-corrected chi connectivity index (χ3v) is 6.51. The molecule has 0 spiro atoms. The third kappa shape index (κ3) is 5.02. The highest BCUT2D eigenvalue weighted by molar-refractivity contribution is 6.04. The normalized spacial score (nSPS) is 13.8. The highest BCUT2D eigenvalue weighted by atomic mass is 19.1. The topological polar surface area (TPSA) is 103 Å². The van der Waals surface area contributed by atoms with Gasteiger partial charge < -0.3 is 20.6 Å². The molecule has 2 aromatic heterocycles. The van der Waals surface area contributed by atoms with Crippen molar-refractivity contribution in [3.63, 3.8) is 0 Å². The molecule has 0 radical (unpaired) electrons.